The molecule has 1 aliphatic rings. The average molecular weight is 313 g/mol. The highest BCUT2D eigenvalue weighted by molar-refractivity contribution is 6.65. The van der Waals surface area contributed by atoms with Crippen LogP contribution in [0.15, 0.2) is 64.6 Å². The first-order valence-electron chi connectivity index (χ1n) is 7.07. The average Bonchev–Trinajstić information content (AvgIpc) is 2.47. The molecular formula is C17H17ClN4. The van der Waals surface area contributed by atoms with Crippen molar-refractivity contribution < 1.29 is 0 Å². The predicted molar refractivity (Wildman–Crippen MR) is 93.4 cm³/mol. The summed E-state index contributed by atoms with van der Waals surface area (Å²) < 4.78 is 0. The van der Waals surface area contributed by atoms with Crippen LogP contribution in [0.3, 0.4) is 0 Å². The summed E-state index contributed by atoms with van der Waals surface area (Å²) >= 11 is 6.04. The first kappa shape index (κ1) is 14.6. The number of aliphatic imine (C=N–C) groups is 2. The van der Waals surface area contributed by atoms with E-state index in [2.05, 4.69) is 38.8 Å². The Kier molecular flexibility index (Phi) is 3.86. The molecule has 22 heavy (non-hydrogen) atoms. The summed E-state index contributed by atoms with van der Waals surface area (Å²) in [5.74, 6) is -0.0932. The normalized spacial score (nSPS) is 20.7. The molecule has 0 saturated carbocycles. The predicted octanol–water partition coefficient (Wildman–Crippen LogP) is 4.06. The maximum Gasteiger partial charge on any atom is 0.206 e. The SMILES string of the molecule is CC1=NC(C)(Nc2ccccc2-c2ccccc2)NC(Cl)=N1. The van der Waals surface area contributed by atoms with E-state index in [0.29, 0.717) is 11.1 Å². The van der Waals surface area contributed by atoms with Gasteiger partial charge in [0.05, 0.1) is 0 Å². The minimum Gasteiger partial charge on any atom is -0.344 e. The van der Waals surface area contributed by atoms with Gasteiger partial charge in [0.1, 0.15) is 5.84 Å². The Morgan fingerprint density at radius 3 is 2.45 bits per heavy atom. The van der Waals surface area contributed by atoms with Gasteiger partial charge in [-0.1, -0.05) is 48.5 Å². The van der Waals surface area contributed by atoms with Crippen molar-refractivity contribution in [2.45, 2.75) is 19.6 Å². The number of nitrogens with zero attached hydrogens (tertiary/aromatic N) is 2. The van der Waals surface area contributed by atoms with Gasteiger partial charge in [-0.05, 0) is 37.1 Å². The Balaban J connectivity index is 1.96. The lowest BCUT2D eigenvalue weighted by Crippen LogP contribution is -2.51. The number of benzene rings is 2. The van der Waals surface area contributed by atoms with Gasteiger partial charge in [-0.25, -0.2) is 9.98 Å². The number of halogens is 1. The van der Waals surface area contributed by atoms with Crippen LogP contribution in [0, 0.1) is 0 Å². The third kappa shape index (κ3) is 3.12. The Labute approximate surface area is 135 Å². The largest absolute Gasteiger partial charge is 0.344 e. The van der Waals surface area contributed by atoms with E-state index in [1.165, 1.54) is 0 Å². The minimum absolute atomic E-state index is 0.333. The van der Waals surface area contributed by atoms with Gasteiger partial charge in [0.25, 0.3) is 0 Å². The molecule has 0 amide bonds. The molecule has 0 bridgehead atoms. The molecule has 2 aromatic carbocycles. The molecule has 1 unspecified atom stereocenters. The summed E-state index contributed by atoms with van der Waals surface area (Å²) in [6, 6.07) is 18.3. The first-order valence-corrected chi connectivity index (χ1v) is 7.45. The molecular weight excluding hydrogens is 296 g/mol. The highest BCUT2D eigenvalue weighted by atomic mass is 35.5. The third-order valence-corrected chi connectivity index (χ3v) is 3.56. The second-order valence-electron chi connectivity index (χ2n) is 5.30. The molecule has 0 fully saturated rings. The maximum atomic E-state index is 6.04. The number of hydrogen-bond acceptors (Lipinski definition) is 4. The monoisotopic (exact) mass is 312 g/mol. The maximum absolute atomic E-state index is 6.04. The van der Waals surface area contributed by atoms with Crippen LogP contribution >= 0.6 is 11.6 Å². The molecule has 0 aromatic heterocycles. The number of amidine groups is 2. The number of rotatable bonds is 3. The van der Waals surface area contributed by atoms with E-state index in [1.54, 1.807) is 0 Å². The van der Waals surface area contributed by atoms with Crippen LogP contribution in [0.25, 0.3) is 11.1 Å². The molecule has 4 nitrogen and oxygen atoms in total. The lowest BCUT2D eigenvalue weighted by atomic mass is 10.0. The summed E-state index contributed by atoms with van der Waals surface area (Å²) in [7, 11) is 0. The first-order chi connectivity index (χ1) is 10.6. The van der Waals surface area contributed by atoms with Crippen LogP contribution in [-0.2, 0) is 0 Å². The molecule has 0 spiro atoms. The fourth-order valence-electron chi connectivity index (χ4n) is 2.53. The van der Waals surface area contributed by atoms with Crippen molar-refractivity contribution in [2.75, 3.05) is 5.32 Å². The van der Waals surface area contributed by atoms with Crippen LogP contribution in [0.5, 0.6) is 0 Å². The summed E-state index contributed by atoms with van der Waals surface area (Å²) in [5.41, 5.74) is 3.23. The fraction of sp³-hybridized carbons (Fsp3) is 0.176. The van der Waals surface area contributed by atoms with Gasteiger partial charge in [0, 0.05) is 11.3 Å². The summed E-state index contributed by atoms with van der Waals surface area (Å²) in [4.78, 5) is 8.60. The molecule has 5 heteroatoms. The van der Waals surface area contributed by atoms with Crippen LogP contribution in [0.1, 0.15) is 13.8 Å². The van der Waals surface area contributed by atoms with E-state index in [4.69, 9.17) is 11.6 Å². The Hall–Kier alpha value is -2.33. The second-order valence-corrected chi connectivity index (χ2v) is 5.65. The van der Waals surface area contributed by atoms with E-state index < -0.39 is 5.79 Å². The Bertz CT molecular complexity index is 739. The highest BCUT2D eigenvalue weighted by Crippen LogP contribution is 2.30. The molecule has 0 saturated heterocycles. The Morgan fingerprint density at radius 2 is 1.73 bits per heavy atom. The van der Waals surface area contributed by atoms with Crippen molar-refractivity contribution in [2.24, 2.45) is 9.98 Å². The lowest BCUT2D eigenvalue weighted by molar-refractivity contribution is 0.499. The van der Waals surface area contributed by atoms with Crippen LogP contribution < -0.4 is 10.6 Å². The zero-order valence-corrected chi connectivity index (χ0v) is 13.2. The number of hydrogen-bond donors (Lipinski definition) is 2. The molecule has 1 heterocycles. The fourth-order valence-corrected chi connectivity index (χ4v) is 2.84. The van der Waals surface area contributed by atoms with Gasteiger partial charge in [-0.2, -0.15) is 0 Å². The van der Waals surface area contributed by atoms with Crippen molar-refractivity contribution in [1.82, 2.24) is 5.32 Å². The van der Waals surface area contributed by atoms with Gasteiger partial charge in [-0.15, -0.1) is 0 Å². The standard InChI is InChI=1S/C17H17ClN4/c1-12-19-16(18)22-17(2,20-12)21-15-11-7-6-10-14(15)13-8-4-3-5-9-13/h3-11,21H,1-2H3,(H,19,20,22). The lowest BCUT2D eigenvalue weighted by Gasteiger charge is -2.32. The zero-order chi connectivity index (χ0) is 15.6. The third-order valence-electron chi connectivity index (χ3n) is 3.38. The van der Waals surface area contributed by atoms with Gasteiger partial charge >= 0.3 is 0 Å². The molecule has 112 valence electrons. The van der Waals surface area contributed by atoms with Crippen LogP contribution in [0.2, 0.25) is 0 Å². The van der Waals surface area contributed by atoms with Crippen molar-refractivity contribution in [3.63, 3.8) is 0 Å². The topological polar surface area (TPSA) is 48.8 Å². The molecule has 0 radical (unpaired) electrons. The van der Waals surface area contributed by atoms with E-state index in [9.17, 15) is 0 Å². The van der Waals surface area contributed by atoms with Crippen molar-refractivity contribution >= 4 is 28.4 Å². The summed E-state index contributed by atoms with van der Waals surface area (Å²) in [5, 5.41) is 6.82. The van der Waals surface area contributed by atoms with Crippen molar-refractivity contribution in [3.8, 4) is 11.1 Å². The quantitative estimate of drug-likeness (QED) is 0.840. The van der Waals surface area contributed by atoms with E-state index in [-0.39, 0.29) is 0 Å². The van der Waals surface area contributed by atoms with Gasteiger partial charge in [0.2, 0.25) is 11.1 Å². The van der Waals surface area contributed by atoms with E-state index in [0.717, 1.165) is 16.8 Å². The highest BCUT2D eigenvalue weighted by Gasteiger charge is 2.28. The van der Waals surface area contributed by atoms with Crippen molar-refractivity contribution in [3.05, 3.63) is 54.6 Å². The Morgan fingerprint density at radius 1 is 1.05 bits per heavy atom. The second kappa shape index (κ2) is 5.81. The summed E-state index contributed by atoms with van der Waals surface area (Å²) in [6.45, 7) is 3.75. The number of anilines is 1. The molecule has 2 N–H and O–H groups in total. The number of nitrogens with one attached hydrogen (secondary N) is 2. The smallest absolute Gasteiger partial charge is 0.206 e. The summed E-state index contributed by atoms with van der Waals surface area (Å²) in [6.07, 6.45) is 0. The minimum atomic E-state index is -0.728. The van der Waals surface area contributed by atoms with Crippen molar-refractivity contribution in [1.29, 1.82) is 0 Å². The van der Waals surface area contributed by atoms with Gasteiger partial charge in [0.15, 0.2) is 0 Å². The number of para-hydroxylation sites is 1. The van der Waals surface area contributed by atoms with Crippen LogP contribution in [0.4, 0.5) is 5.69 Å². The van der Waals surface area contributed by atoms with E-state index >= 15 is 0 Å². The molecule has 0 aliphatic carbocycles. The van der Waals surface area contributed by atoms with E-state index in [1.807, 2.05) is 50.2 Å². The molecule has 3 rings (SSSR count). The molecule has 1 aliphatic heterocycles. The van der Waals surface area contributed by atoms with Crippen LogP contribution in [-0.4, -0.2) is 16.9 Å². The van der Waals surface area contributed by atoms with Gasteiger partial charge in [-0.3, -0.25) is 0 Å². The molecule has 1 atom stereocenters. The molecule has 2 aromatic rings. The van der Waals surface area contributed by atoms with Gasteiger partial charge < -0.3 is 10.6 Å². The zero-order valence-electron chi connectivity index (χ0n) is 12.5.